The van der Waals surface area contributed by atoms with E-state index in [4.69, 9.17) is 0 Å². The van der Waals surface area contributed by atoms with Crippen LogP contribution in [0.15, 0.2) is 29.2 Å². The first kappa shape index (κ1) is 15.6. The summed E-state index contributed by atoms with van der Waals surface area (Å²) < 4.78 is 28.5. The summed E-state index contributed by atoms with van der Waals surface area (Å²) in [5, 5.41) is 11.4. The van der Waals surface area contributed by atoms with E-state index in [1.165, 1.54) is 0 Å². The largest absolute Gasteiger partial charge is 0.240 e. The number of nitrogens with one attached hydrogen (secondary N) is 1. The fraction of sp³-hybridized carbons (Fsp3) is 0.462. The lowest BCUT2D eigenvalue weighted by Gasteiger charge is -2.09. The first-order valence-electron chi connectivity index (χ1n) is 6.73. The molecule has 1 aromatic heterocycles. The maximum absolute atomic E-state index is 12.1. The van der Waals surface area contributed by atoms with Crippen LogP contribution in [0.3, 0.4) is 0 Å². The van der Waals surface area contributed by atoms with Crippen LogP contribution in [-0.2, 0) is 16.4 Å². The zero-order valence-corrected chi connectivity index (χ0v) is 13.1. The van der Waals surface area contributed by atoms with Gasteiger partial charge in [0.25, 0.3) is 0 Å². The molecule has 0 spiro atoms. The normalized spacial score (nSPS) is 12.0. The Kier molecular flexibility index (Phi) is 4.69. The highest BCUT2D eigenvalue weighted by atomic mass is 32.2. The number of sulfonamides is 1. The Labute approximate surface area is 124 Å². The third kappa shape index (κ3) is 3.85. The summed E-state index contributed by atoms with van der Waals surface area (Å²) in [4.78, 5) is 0.261. The lowest BCUT2D eigenvalue weighted by atomic mass is 10.2. The average Bonchev–Trinajstić information content (AvgIpc) is 2.87. The molecule has 0 atom stereocenters. The predicted octanol–water partition coefficient (Wildman–Crippen LogP) is 1.08. The van der Waals surface area contributed by atoms with E-state index < -0.39 is 10.0 Å². The van der Waals surface area contributed by atoms with E-state index in [1.807, 2.05) is 20.8 Å². The minimum atomic E-state index is -3.49. The molecule has 2 rings (SSSR count). The molecule has 1 aromatic carbocycles. The molecule has 0 saturated carbocycles. The van der Waals surface area contributed by atoms with Gasteiger partial charge in [-0.25, -0.2) is 17.8 Å². The topological polar surface area (TPSA) is 89.8 Å². The van der Waals surface area contributed by atoms with Crippen molar-refractivity contribution in [2.24, 2.45) is 0 Å². The lowest BCUT2D eigenvalue weighted by Crippen LogP contribution is -2.27. The smallest absolute Gasteiger partial charge is 0.227 e. The highest BCUT2D eigenvalue weighted by molar-refractivity contribution is 7.89. The summed E-state index contributed by atoms with van der Waals surface area (Å²) in [6.07, 6.45) is 0.441. The van der Waals surface area contributed by atoms with E-state index in [0.29, 0.717) is 12.2 Å². The van der Waals surface area contributed by atoms with Crippen molar-refractivity contribution in [2.75, 3.05) is 6.54 Å². The van der Waals surface area contributed by atoms with Crippen LogP contribution in [0.1, 0.15) is 31.3 Å². The quantitative estimate of drug-likeness (QED) is 0.862. The van der Waals surface area contributed by atoms with Gasteiger partial charge in [-0.1, -0.05) is 17.7 Å². The zero-order valence-electron chi connectivity index (χ0n) is 12.3. The van der Waals surface area contributed by atoms with Gasteiger partial charge >= 0.3 is 0 Å². The standard InChI is InChI=1S/C13H19N5O2S/c1-10(2)18-13(15-16-17-18)8-9-14-21(19,20)12-6-4-11(3)5-7-12/h4-7,10,14H,8-9H2,1-3H3. The zero-order chi connectivity index (χ0) is 15.5. The van der Waals surface area contributed by atoms with Gasteiger partial charge in [0.05, 0.1) is 10.9 Å². The Hall–Kier alpha value is -1.80. The highest BCUT2D eigenvalue weighted by Gasteiger charge is 2.14. The summed E-state index contributed by atoms with van der Waals surface area (Å²) in [5.41, 5.74) is 1.02. The van der Waals surface area contributed by atoms with Gasteiger partial charge in [0.1, 0.15) is 0 Å². The Bertz CT molecular complexity index is 692. The van der Waals surface area contributed by atoms with Gasteiger partial charge in [-0.15, -0.1) is 5.10 Å². The summed E-state index contributed by atoms with van der Waals surface area (Å²) >= 11 is 0. The van der Waals surface area contributed by atoms with E-state index in [1.54, 1.807) is 28.9 Å². The molecular weight excluding hydrogens is 290 g/mol. The number of benzene rings is 1. The third-order valence-electron chi connectivity index (χ3n) is 3.02. The minimum Gasteiger partial charge on any atom is -0.227 e. The molecule has 0 aliphatic heterocycles. The number of hydrogen-bond acceptors (Lipinski definition) is 5. The van der Waals surface area contributed by atoms with Gasteiger partial charge in [0, 0.05) is 13.0 Å². The molecule has 21 heavy (non-hydrogen) atoms. The first-order valence-corrected chi connectivity index (χ1v) is 8.21. The fourth-order valence-electron chi connectivity index (χ4n) is 1.88. The SMILES string of the molecule is Cc1ccc(S(=O)(=O)NCCc2nnnn2C(C)C)cc1. The average molecular weight is 309 g/mol. The second-order valence-electron chi connectivity index (χ2n) is 5.09. The number of tetrazole rings is 1. The molecule has 114 valence electrons. The first-order chi connectivity index (χ1) is 9.90. The van der Waals surface area contributed by atoms with Gasteiger partial charge in [-0.2, -0.15) is 0 Å². The van der Waals surface area contributed by atoms with Crippen LogP contribution in [0.2, 0.25) is 0 Å². The predicted molar refractivity (Wildman–Crippen MR) is 78.3 cm³/mol. The Morgan fingerprint density at radius 3 is 2.52 bits per heavy atom. The van der Waals surface area contributed by atoms with Gasteiger partial charge < -0.3 is 0 Å². The number of aromatic nitrogens is 4. The van der Waals surface area contributed by atoms with E-state index in [0.717, 1.165) is 5.56 Å². The molecule has 1 heterocycles. The van der Waals surface area contributed by atoms with Crippen LogP contribution >= 0.6 is 0 Å². The Morgan fingerprint density at radius 2 is 1.90 bits per heavy atom. The molecule has 0 unspecified atom stereocenters. The maximum Gasteiger partial charge on any atom is 0.240 e. The molecule has 0 aliphatic rings. The van der Waals surface area contributed by atoms with Gasteiger partial charge in [0.15, 0.2) is 5.82 Å². The van der Waals surface area contributed by atoms with E-state index in [2.05, 4.69) is 20.2 Å². The summed E-state index contributed by atoms with van der Waals surface area (Å²) in [5.74, 6) is 0.664. The summed E-state index contributed by atoms with van der Waals surface area (Å²) in [6, 6.07) is 6.87. The fourth-order valence-corrected chi connectivity index (χ4v) is 2.91. The molecule has 0 fully saturated rings. The highest BCUT2D eigenvalue weighted by Crippen LogP contribution is 2.10. The van der Waals surface area contributed by atoms with Crippen molar-refractivity contribution in [3.8, 4) is 0 Å². The van der Waals surface area contributed by atoms with Crippen LogP contribution in [0.5, 0.6) is 0 Å². The second kappa shape index (κ2) is 6.31. The van der Waals surface area contributed by atoms with Crippen LogP contribution in [0.4, 0.5) is 0 Å². The number of aryl methyl sites for hydroxylation is 1. The van der Waals surface area contributed by atoms with E-state index >= 15 is 0 Å². The number of nitrogens with zero attached hydrogens (tertiary/aromatic N) is 4. The van der Waals surface area contributed by atoms with E-state index in [-0.39, 0.29) is 17.5 Å². The molecule has 8 heteroatoms. The third-order valence-corrected chi connectivity index (χ3v) is 4.50. The van der Waals surface area contributed by atoms with Crippen molar-refractivity contribution >= 4 is 10.0 Å². The summed E-state index contributed by atoms with van der Waals surface area (Å²) in [7, 11) is -3.49. The molecule has 0 radical (unpaired) electrons. The molecule has 2 aromatic rings. The molecule has 7 nitrogen and oxygen atoms in total. The van der Waals surface area contributed by atoms with Gasteiger partial charge in [-0.3, -0.25) is 0 Å². The summed E-state index contributed by atoms with van der Waals surface area (Å²) in [6.45, 7) is 6.10. The number of hydrogen-bond donors (Lipinski definition) is 1. The number of rotatable bonds is 6. The molecular formula is C13H19N5O2S. The van der Waals surface area contributed by atoms with Crippen molar-refractivity contribution in [3.05, 3.63) is 35.7 Å². The van der Waals surface area contributed by atoms with Crippen molar-refractivity contribution in [1.29, 1.82) is 0 Å². The van der Waals surface area contributed by atoms with Gasteiger partial charge in [-0.05, 0) is 43.3 Å². The van der Waals surface area contributed by atoms with Crippen LogP contribution < -0.4 is 4.72 Å². The van der Waals surface area contributed by atoms with Crippen molar-refractivity contribution in [1.82, 2.24) is 24.9 Å². The lowest BCUT2D eigenvalue weighted by molar-refractivity contribution is 0.492. The second-order valence-corrected chi connectivity index (χ2v) is 6.86. The molecule has 0 aliphatic carbocycles. The van der Waals surface area contributed by atoms with Crippen molar-refractivity contribution in [3.63, 3.8) is 0 Å². The monoisotopic (exact) mass is 309 g/mol. The van der Waals surface area contributed by atoms with Gasteiger partial charge in [0.2, 0.25) is 10.0 Å². The maximum atomic E-state index is 12.1. The van der Waals surface area contributed by atoms with Crippen LogP contribution in [0, 0.1) is 6.92 Å². The van der Waals surface area contributed by atoms with Crippen molar-refractivity contribution in [2.45, 2.75) is 38.1 Å². The van der Waals surface area contributed by atoms with Crippen LogP contribution in [-0.4, -0.2) is 35.2 Å². The molecule has 0 amide bonds. The van der Waals surface area contributed by atoms with Crippen LogP contribution in [0.25, 0.3) is 0 Å². The molecule has 0 bridgehead atoms. The molecule has 1 N–H and O–H groups in total. The minimum absolute atomic E-state index is 0.142. The van der Waals surface area contributed by atoms with E-state index in [9.17, 15) is 8.42 Å². The molecule has 0 saturated heterocycles. The Balaban J connectivity index is 1.99. The van der Waals surface area contributed by atoms with Crippen molar-refractivity contribution < 1.29 is 8.42 Å². The Morgan fingerprint density at radius 1 is 1.24 bits per heavy atom.